The van der Waals surface area contributed by atoms with Crippen molar-refractivity contribution in [3.63, 3.8) is 0 Å². The number of halogens is 1. The van der Waals surface area contributed by atoms with E-state index in [0.717, 1.165) is 16.8 Å². The van der Waals surface area contributed by atoms with Crippen LogP contribution < -0.4 is 10.6 Å². The molecule has 0 saturated heterocycles. The van der Waals surface area contributed by atoms with Crippen LogP contribution in [0.5, 0.6) is 0 Å². The van der Waals surface area contributed by atoms with Gasteiger partial charge in [0.1, 0.15) is 5.82 Å². The third kappa shape index (κ3) is 4.58. The second-order valence-corrected chi connectivity index (χ2v) is 6.31. The Morgan fingerprint density at radius 1 is 0.778 bits per heavy atom. The Bertz CT molecular complexity index is 997. The number of hydrogen-bond acceptors (Lipinski definition) is 2. The molecule has 0 spiro atoms. The van der Waals surface area contributed by atoms with Crippen molar-refractivity contribution in [2.75, 3.05) is 10.6 Å². The SMILES string of the molecule is Cc1ccc(NC(=O)c2ccc(C(=O)Nc3cccc(F)c3)cc2)c(C)c1. The minimum Gasteiger partial charge on any atom is -0.322 e. The van der Waals surface area contributed by atoms with Gasteiger partial charge in [-0.15, -0.1) is 0 Å². The highest BCUT2D eigenvalue weighted by Crippen LogP contribution is 2.18. The molecule has 0 aliphatic heterocycles. The normalized spacial score (nSPS) is 10.3. The Morgan fingerprint density at radius 3 is 2.00 bits per heavy atom. The van der Waals surface area contributed by atoms with E-state index in [1.165, 1.54) is 18.2 Å². The minimum absolute atomic E-state index is 0.251. The first-order chi connectivity index (χ1) is 12.9. The molecule has 0 heterocycles. The van der Waals surface area contributed by atoms with Crippen LogP contribution in [-0.2, 0) is 0 Å². The molecule has 3 aromatic rings. The molecule has 0 radical (unpaired) electrons. The third-order valence-electron chi connectivity index (χ3n) is 4.12. The summed E-state index contributed by atoms with van der Waals surface area (Å²) >= 11 is 0. The molecule has 136 valence electrons. The third-order valence-corrected chi connectivity index (χ3v) is 4.12. The van der Waals surface area contributed by atoms with Crippen LogP contribution >= 0.6 is 0 Å². The van der Waals surface area contributed by atoms with Gasteiger partial charge in [0.15, 0.2) is 0 Å². The van der Waals surface area contributed by atoms with Crippen molar-refractivity contribution in [3.05, 3.63) is 94.8 Å². The van der Waals surface area contributed by atoms with Gasteiger partial charge < -0.3 is 10.6 Å². The zero-order valence-corrected chi connectivity index (χ0v) is 15.0. The Balaban J connectivity index is 1.69. The average Bonchev–Trinajstić information content (AvgIpc) is 2.64. The molecule has 27 heavy (non-hydrogen) atoms. The first-order valence-electron chi connectivity index (χ1n) is 8.48. The number of benzene rings is 3. The van der Waals surface area contributed by atoms with Crippen LogP contribution in [0.15, 0.2) is 66.7 Å². The zero-order valence-electron chi connectivity index (χ0n) is 15.0. The fourth-order valence-corrected chi connectivity index (χ4v) is 2.69. The van der Waals surface area contributed by atoms with Crippen molar-refractivity contribution in [2.45, 2.75) is 13.8 Å². The Labute approximate surface area is 157 Å². The van der Waals surface area contributed by atoms with Crippen LogP contribution in [0.2, 0.25) is 0 Å². The number of anilines is 2. The number of carbonyl (C=O) groups is 2. The first-order valence-corrected chi connectivity index (χ1v) is 8.48. The van der Waals surface area contributed by atoms with Crippen LogP contribution in [-0.4, -0.2) is 11.8 Å². The summed E-state index contributed by atoms with van der Waals surface area (Å²) in [6.45, 7) is 3.93. The van der Waals surface area contributed by atoms with Crippen molar-refractivity contribution in [1.29, 1.82) is 0 Å². The van der Waals surface area contributed by atoms with Crippen LogP contribution in [0, 0.1) is 19.7 Å². The lowest BCUT2D eigenvalue weighted by Crippen LogP contribution is -2.15. The molecule has 0 atom stereocenters. The van der Waals surface area contributed by atoms with Gasteiger partial charge >= 0.3 is 0 Å². The summed E-state index contributed by atoms with van der Waals surface area (Å²) in [4.78, 5) is 24.6. The fraction of sp³-hybridized carbons (Fsp3) is 0.0909. The largest absolute Gasteiger partial charge is 0.322 e. The topological polar surface area (TPSA) is 58.2 Å². The van der Waals surface area contributed by atoms with E-state index in [9.17, 15) is 14.0 Å². The van der Waals surface area contributed by atoms with Gasteiger partial charge in [-0.2, -0.15) is 0 Å². The molecule has 0 saturated carbocycles. The summed E-state index contributed by atoms with van der Waals surface area (Å²) in [7, 11) is 0. The number of rotatable bonds is 4. The van der Waals surface area contributed by atoms with Crippen LogP contribution in [0.25, 0.3) is 0 Å². The highest BCUT2D eigenvalue weighted by Gasteiger charge is 2.11. The zero-order chi connectivity index (χ0) is 19.4. The molecule has 5 heteroatoms. The highest BCUT2D eigenvalue weighted by atomic mass is 19.1. The summed E-state index contributed by atoms with van der Waals surface area (Å²) in [6, 6.07) is 17.7. The van der Waals surface area contributed by atoms with Gasteiger partial charge in [0.2, 0.25) is 0 Å². The van der Waals surface area contributed by atoms with Gasteiger partial charge in [-0.05, 0) is 67.9 Å². The molecule has 0 fully saturated rings. The van der Waals surface area contributed by atoms with E-state index in [-0.39, 0.29) is 11.8 Å². The molecule has 3 aromatic carbocycles. The molecular formula is C22H19FN2O2. The lowest BCUT2D eigenvalue weighted by Gasteiger charge is -2.10. The van der Waals surface area contributed by atoms with Gasteiger partial charge in [0.05, 0.1) is 0 Å². The van der Waals surface area contributed by atoms with Crippen molar-refractivity contribution < 1.29 is 14.0 Å². The number of nitrogens with one attached hydrogen (secondary N) is 2. The smallest absolute Gasteiger partial charge is 0.255 e. The maximum Gasteiger partial charge on any atom is 0.255 e. The molecular weight excluding hydrogens is 343 g/mol. The number of hydrogen-bond donors (Lipinski definition) is 2. The molecule has 2 N–H and O–H groups in total. The fourth-order valence-electron chi connectivity index (χ4n) is 2.69. The van der Waals surface area contributed by atoms with Gasteiger partial charge in [-0.1, -0.05) is 23.8 Å². The maximum absolute atomic E-state index is 13.2. The molecule has 0 aliphatic carbocycles. The van der Waals surface area contributed by atoms with Gasteiger partial charge in [0, 0.05) is 22.5 Å². The maximum atomic E-state index is 13.2. The van der Waals surface area contributed by atoms with E-state index in [1.807, 2.05) is 32.0 Å². The van der Waals surface area contributed by atoms with Crippen molar-refractivity contribution in [1.82, 2.24) is 0 Å². The highest BCUT2D eigenvalue weighted by molar-refractivity contribution is 6.07. The standard InChI is InChI=1S/C22H19FN2O2/c1-14-6-11-20(15(2)12-14)25-22(27)17-9-7-16(8-10-17)21(26)24-19-5-3-4-18(23)13-19/h3-13H,1-2H3,(H,24,26)(H,25,27). The van der Waals surface area contributed by atoms with E-state index in [0.29, 0.717) is 16.8 Å². The second-order valence-electron chi connectivity index (χ2n) is 6.31. The summed E-state index contributed by atoms with van der Waals surface area (Å²) in [5, 5.41) is 5.49. The Hall–Kier alpha value is -3.47. The van der Waals surface area contributed by atoms with Gasteiger partial charge in [-0.3, -0.25) is 9.59 Å². The predicted octanol–water partition coefficient (Wildman–Crippen LogP) is 4.95. The monoisotopic (exact) mass is 362 g/mol. The number of amides is 2. The van der Waals surface area contributed by atoms with E-state index >= 15 is 0 Å². The quantitative estimate of drug-likeness (QED) is 0.690. The van der Waals surface area contributed by atoms with E-state index in [4.69, 9.17) is 0 Å². The lowest BCUT2D eigenvalue weighted by atomic mass is 10.1. The molecule has 2 amide bonds. The Kier molecular flexibility index (Phi) is 5.31. The predicted molar refractivity (Wildman–Crippen MR) is 105 cm³/mol. The summed E-state index contributed by atoms with van der Waals surface area (Å²) in [5.74, 6) is -1.05. The molecule has 0 unspecified atom stereocenters. The summed E-state index contributed by atoms with van der Waals surface area (Å²) < 4.78 is 13.2. The average molecular weight is 362 g/mol. The lowest BCUT2D eigenvalue weighted by molar-refractivity contribution is 0.101. The van der Waals surface area contributed by atoms with Gasteiger partial charge in [-0.25, -0.2) is 4.39 Å². The molecule has 4 nitrogen and oxygen atoms in total. The molecule has 0 bridgehead atoms. The van der Waals surface area contributed by atoms with E-state index in [2.05, 4.69) is 10.6 Å². The molecule has 3 rings (SSSR count). The van der Waals surface area contributed by atoms with Crippen LogP contribution in [0.3, 0.4) is 0 Å². The van der Waals surface area contributed by atoms with Gasteiger partial charge in [0.25, 0.3) is 11.8 Å². The molecule has 0 aromatic heterocycles. The van der Waals surface area contributed by atoms with E-state index < -0.39 is 5.82 Å². The van der Waals surface area contributed by atoms with Crippen LogP contribution in [0.4, 0.5) is 15.8 Å². The molecule has 0 aliphatic rings. The minimum atomic E-state index is -0.425. The second kappa shape index (κ2) is 7.83. The van der Waals surface area contributed by atoms with Crippen LogP contribution in [0.1, 0.15) is 31.8 Å². The summed E-state index contributed by atoms with van der Waals surface area (Å²) in [5.41, 5.74) is 4.04. The van der Waals surface area contributed by atoms with Crippen molar-refractivity contribution in [3.8, 4) is 0 Å². The van der Waals surface area contributed by atoms with Crippen molar-refractivity contribution >= 4 is 23.2 Å². The first kappa shape index (κ1) is 18.3. The number of aryl methyl sites for hydroxylation is 2. The summed E-state index contributed by atoms with van der Waals surface area (Å²) in [6.07, 6.45) is 0. The number of carbonyl (C=O) groups excluding carboxylic acids is 2. The Morgan fingerprint density at radius 2 is 1.41 bits per heavy atom. The van der Waals surface area contributed by atoms with Crippen molar-refractivity contribution in [2.24, 2.45) is 0 Å². The van der Waals surface area contributed by atoms with E-state index in [1.54, 1.807) is 30.3 Å².